The van der Waals surface area contributed by atoms with E-state index in [4.69, 9.17) is 4.74 Å². The highest BCUT2D eigenvalue weighted by molar-refractivity contribution is 6.08. The summed E-state index contributed by atoms with van der Waals surface area (Å²) in [5.74, 6) is 0.906. The zero-order valence-corrected chi connectivity index (χ0v) is 10.9. The standard InChI is InChI=1S/C16H20O2/c1-18-15-11-7-10-14(12-15)16(17)13-8-5-3-2-4-6-9-13/h7-8,10-12H,2-6,9H2,1H3/b13-8+. The molecule has 18 heavy (non-hydrogen) atoms. The van der Waals surface area contributed by atoms with Crippen molar-refractivity contribution in [1.82, 2.24) is 0 Å². The molecule has 0 saturated heterocycles. The molecule has 2 nitrogen and oxygen atoms in total. The summed E-state index contributed by atoms with van der Waals surface area (Å²) in [5.41, 5.74) is 1.71. The Balaban J connectivity index is 2.18. The third kappa shape index (κ3) is 3.22. The summed E-state index contributed by atoms with van der Waals surface area (Å²) in [6.45, 7) is 0. The average Bonchev–Trinajstić information content (AvgIpc) is 2.38. The van der Waals surface area contributed by atoms with Gasteiger partial charge in [-0.2, -0.15) is 0 Å². The molecular weight excluding hydrogens is 224 g/mol. The highest BCUT2D eigenvalue weighted by Gasteiger charge is 2.13. The highest BCUT2D eigenvalue weighted by Crippen LogP contribution is 2.22. The highest BCUT2D eigenvalue weighted by atomic mass is 16.5. The molecule has 0 fully saturated rings. The lowest BCUT2D eigenvalue weighted by Gasteiger charge is -2.11. The molecule has 1 aromatic carbocycles. The second kappa shape index (κ2) is 6.39. The molecule has 0 aromatic heterocycles. The van der Waals surface area contributed by atoms with Crippen molar-refractivity contribution in [2.75, 3.05) is 7.11 Å². The molecule has 0 radical (unpaired) electrons. The van der Waals surface area contributed by atoms with Gasteiger partial charge < -0.3 is 4.74 Å². The van der Waals surface area contributed by atoms with Crippen LogP contribution in [0.15, 0.2) is 35.9 Å². The first-order chi connectivity index (χ1) is 8.81. The van der Waals surface area contributed by atoms with Gasteiger partial charge in [0, 0.05) is 5.56 Å². The Morgan fingerprint density at radius 1 is 1.17 bits per heavy atom. The van der Waals surface area contributed by atoms with Gasteiger partial charge in [0.2, 0.25) is 0 Å². The van der Waals surface area contributed by atoms with E-state index < -0.39 is 0 Å². The molecule has 2 rings (SSSR count). The van der Waals surface area contributed by atoms with E-state index >= 15 is 0 Å². The van der Waals surface area contributed by atoms with Crippen LogP contribution in [0.1, 0.15) is 48.9 Å². The van der Waals surface area contributed by atoms with Gasteiger partial charge >= 0.3 is 0 Å². The summed E-state index contributed by atoms with van der Waals surface area (Å²) in [5, 5.41) is 0. The summed E-state index contributed by atoms with van der Waals surface area (Å²) in [7, 11) is 1.62. The summed E-state index contributed by atoms with van der Waals surface area (Å²) in [6.07, 6.45) is 8.93. The molecule has 0 heterocycles. The molecule has 0 atom stereocenters. The molecule has 0 saturated carbocycles. The van der Waals surface area contributed by atoms with Gasteiger partial charge in [-0.25, -0.2) is 0 Å². The minimum atomic E-state index is 0.163. The number of carbonyl (C=O) groups excluding carboxylic acids is 1. The minimum Gasteiger partial charge on any atom is -0.497 e. The van der Waals surface area contributed by atoms with Crippen LogP contribution in [0, 0.1) is 0 Å². The maximum Gasteiger partial charge on any atom is 0.188 e. The summed E-state index contributed by atoms with van der Waals surface area (Å²) in [6, 6.07) is 7.42. The molecule has 1 aliphatic carbocycles. The van der Waals surface area contributed by atoms with Gasteiger partial charge in [-0.1, -0.05) is 31.1 Å². The zero-order chi connectivity index (χ0) is 12.8. The Kier molecular flexibility index (Phi) is 4.57. The Morgan fingerprint density at radius 2 is 2.00 bits per heavy atom. The predicted octanol–water partition coefficient (Wildman–Crippen LogP) is 4.16. The second-order valence-corrected chi connectivity index (χ2v) is 4.74. The molecule has 96 valence electrons. The number of ketones is 1. The maximum atomic E-state index is 12.4. The molecule has 0 N–H and O–H groups in total. The number of allylic oxidation sites excluding steroid dienone is 2. The van der Waals surface area contributed by atoms with Crippen LogP contribution in [0.5, 0.6) is 5.75 Å². The lowest BCUT2D eigenvalue weighted by atomic mass is 9.94. The third-order valence-electron chi connectivity index (χ3n) is 3.41. The molecule has 0 amide bonds. The lowest BCUT2D eigenvalue weighted by molar-refractivity contribution is 0.102. The first-order valence-electron chi connectivity index (χ1n) is 6.69. The number of benzene rings is 1. The van der Waals surface area contributed by atoms with Crippen molar-refractivity contribution in [2.24, 2.45) is 0 Å². The molecule has 1 aliphatic rings. The Morgan fingerprint density at radius 3 is 2.83 bits per heavy atom. The molecular formula is C16H20O2. The lowest BCUT2D eigenvalue weighted by Crippen LogP contribution is -2.05. The van der Waals surface area contributed by atoms with Crippen LogP contribution in [-0.4, -0.2) is 12.9 Å². The predicted molar refractivity (Wildman–Crippen MR) is 73.1 cm³/mol. The first kappa shape index (κ1) is 12.9. The number of methoxy groups -OCH3 is 1. The van der Waals surface area contributed by atoms with Crippen molar-refractivity contribution in [2.45, 2.75) is 38.5 Å². The molecule has 0 bridgehead atoms. The van der Waals surface area contributed by atoms with Gasteiger partial charge in [-0.3, -0.25) is 4.79 Å². The normalized spacial score (nSPS) is 19.3. The van der Waals surface area contributed by atoms with Crippen molar-refractivity contribution >= 4 is 5.78 Å². The largest absolute Gasteiger partial charge is 0.497 e. The SMILES string of the molecule is COc1cccc(C(=O)/C2=C/CCCCCC2)c1. The third-order valence-corrected chi connectivity index (χ3v) is 3.41. The monoisotopic (exact) mass is 244 g/mol. The fraction of sp³-hybridized carbons (Fsp3) is 0.438. The Labute approximate surface area is 109 Å². The van der Waals surface area contributed by atoms with E-state index in [1.807, 2.05) is 24.3 Å². The van der Waals surface area contributed by atoms with Gasteiger partial charge in [0.1, 0.15) is 5.75 Å². The van der Waals surface area contributed by atoms with Gasteiger partial charge in [0.25, 0.3) is 0 Å². The number of hydrogen-bond donors (Lipinski definition) is 0. The first-order valence-corrected chi connectivity index (χ1v) is 6.69. The Bertz CT molecular complexity index is 446. The van der Waals surface area contributed by atoms with E-state index in [-0.39, 0.29) is 5.78 Å². The molecule has 0 aliphatic heterocycles. The smallest absolute Gasteiger partial charge is 0.188 e. The molecule has 1 aromatic rings. The van der Waals surface area contributed by atoms with E-state index in [1.54, 1.807) is 7.11 Å². The Hall–Kier alpha value is -1.57. The fourth-order valence-electron chi connectivity index (χ4n) is 2.35. The van der Waals surface area contributed by atoms with Crippen LogP contribution >= 0.6 is 0 Å². The van der Waals surface area contributed by atoms with E-state index in [9.17, 15) is 4.79 Å². The van der Waals surface area contributed by atoms with Crippen LogP contribution in [0.2, 0.25) is 0 Å². The van der Waals surface area contributed by atoms with E-state index in [1.165, 1.54) is 19.3 Å². The number of hydrogen-bond acceptors (Lipinski definition) is 2. The van der Waals surface area contributed by atoms with E-state index in [0.717, 1.165) is 36.1 Å². The molecule has 0 spiro atoms. The van der Waals surface area contributed by atoms with Crippen LogP contribution in [0.25, 0.3) is 0 Å². The molecule has 0 unspecified atom stereocenters. The number of carbonyl (C=O) groups is 1. The van der Waals surface area contributed by atoms with Crippen LogP contribution < -0.4 is 4.74 Å². The van der Waals surface area contributed by atoms with Crippen molar-refractivity contribution in [1.29, 1.82) is 0 Å². The van der Waals surface area contributed by atoms with Crippen LogP contribution in [-0.2, 0) is 0 Å². The summed E-state index contributed by atoms with van der Waals surface area (Å²) >= 11 is 0. The maximum absolute atomic E-state index is 12.4. The number of Topliss-reactive ketones (excluding diaryl/α,β-unsaturated/α-hetero) is 1. The second-order valence-electron chi connectivity index (χ2n) is 4.74. The summed E-state index contributed by atoms with van der Waals surface area (Å²) in [4.78, 5) is 12.4. The summed E-state index contributed by atoms with van der Waals surface area (Å²) < 4.78 is 5.17. The number of rotatable bonds is 3. The van der Waals surface area contributed by atoms with Gasteiger partial charge in [0.05, 0.1) is 7.11 Å². The van der Waals surface area contributed by atoms with Gasteiger partial charge in [0.15, 0.2) is 5.78 Å². The average molecular weight is 244 g/mol. The quantitative estimate of drug-likeness (QED) is 0.746. The topological polar surface area (TPSA) is 26.3 Å². The van der Waals surface area contributed by atoms with E-state index in [2.05, 4.69) is 6.08 Å². The minimum absolute atomic E-state index is 0.163. The van der Waals surface area contributed by atoms with E-state index in [0.29, 0.717) is 0 Å². The van der Waals surface area contributed by atoms with Gasteiger partial charge in [-0.15, -0.1) is 0 Å². The van der Waals surface area contributed by atoms with Crippen molar-refractivity contribution in [3.05, 3.63) is 41.5 Å². The zero-order valence-electron chi connectivity index (χ0n) is 10.9. The number of ether oxygens (including phenoxy) is 1. The van der Waals surface area contributed by atoms with Crippen LogP contribution in [0.4, 0.5) is 0 Å². The van der Waals surface area contributed by atoms with Crippen molar-refractivity contribution < 1.29 is 9.53 Å². The molecule has 2 heteroatoms. The van der Waals surface area contributed by atoms with Gasteiger partial charge in [-0.05, 0) is 43.4 Å². The van der Waals surface area contributed by atoms with Crippen molar-refractivity contribution in [3.63, 3.8) is 0 Å². The van der Waals surface area contributed by atoms with Crippen LogP contribution in [0.3, 0.4) is 0 Å². The fourth-order valence-corrected chi connectivity index (χ4v) is 2.35. The van der Waals surface area contributed by atoms with Crippen molar-refractivity contribution in [3.8, 4) is 5.75 Å².